The van der Waals surface area contributed by atoms with Crippen molar-refractivity contribution in [1.29, 1.82) is 0 Å². The van der Waals surface area contributed by atoms with Gasteiger partial charge in [-0.2, -0.15) is 8.42 Å². The topological polar surface area (TPSA) is 72.5 Å². The van der Waals surface area contributed by atoms with E-state index in [-0.39, 0.29) is 10.8 Å². The van der Waals surface area contributed by atoms with Crippen molar-refractivity contribution in [3.63, 3.8) is 0 Å². The summed E-state index contributed by atoms with van der Waals surface area (Å²) in [5, 5.41) is 3.20. The smallest absolute Gasteiger partial charge is 0.306 e. The minimum atomic E-state index is -3.60. The fourth-order valence-corrected chi connectivity index (χ4v) is 2.44. The van der Waals surface area contributed by atoms with Crippen LogP contribution in [0.1, 0.15) is 10.4 Å². The van der Waals surface area contributed by atoms with Crippen LogP contribution in [0.25, 0.3) is 0 Å². The van der Waals surface area contributed by atoms with E-state index in [0.29, 0.717) is 16.3 Å². The van der Waals surface area contributed by atoms with Gasteiger partial charge >= 0.3 is 10.1 Å². The minimum Gasteiger partial charge on any atom is -0.383 e. The van der Waals surface area contributed by atoms with Crippen LogP contribution in [0.2, 0.25) is 10.0 Å². The van der Waals surface area contributed by atoms with Crippen LogP contribution in [-0.2, 0) is 10.1 Å². The van der Waals surface area contributed by atoms with Crippen molar-refractivity contribution >= 4 is 44.9 Å². The van der Waals surface area contributed by atoms with E-state index >= 15 is 0 Å². The number of anilines is 1. The fourth-order valence-electron chi connectivity index (χ4n) is 1.63. The van der Waals surface area contributed by atoms with Gasteiger partial charge in [0.15, 0.2) is 0 Å². The molecule has 0 saturated carbocycles. The van der Waals surface area contributed by atoms with Crippen molar-refractivity contribution < 1.29 is 17.4 Å². The van der Waals surface area contributed by atoms with E-state index in [2.05, 4.69) is 5.32 Å². The highest BCUT2D eigenvalue weighted by atomic mass is 35.5. The van der Waals surface area contributed by atoms with Gasteiger partial charge in [-0.15, -0.1) is 0 Å². The lowest BCUT2D eigenvalue weighted by Gasteiger charge is -2.08. The Balaban J connectivity index is 2.15. The average Bonchev–Trinajstić information content (AvgIpc) is 2.43. The SMILES string of the molecule is CS(=O)(=O)Oc1ccc(C(=O)Nc2cccc(Cl)c2Cl)cc1. The molecule has 2 aromatic carbocycles. The maximum Gasteiger partial charge on any atom is 0.306 e. The summed E-state index contributed by atoms with van der Waals surface area (Å²) in [6, 6.07) is 10.5. The molecule has 22 heavy (non-hydrogen) atoms. The number of carbonyl (C=O) groups is 1. The van der Waals surface area contributed by atoms with Crippen molar-refractivity contribution in [2.45, 2.75) is 0 Å². The van der Waals surface area contributed by atoms with Gasteiger partial charge in [0.1, 0.15) is 5.75 Å². The third-order valence-electron chi connectivity index (χ3n) is 2.56. The number of amides is 1. The monoisotopic (exact) mass is 359 g/mol. The van der Waals surface area contributed by atoms with E-state index in [1.165, 1.54) is 24.3 Å². The van der Waals surface area contributed by atoms with E-state index in [0.717, 1.165) is 6.26 Å². The quantitative estimate of drug-likeness (QED) is 0.846. The van der Waals surface area contributed by atoms with Crippen LogP contribution >= 0.6 is 23.2 Å². The summed E-state index contributed by atoms with van der Waals surface area (Å²) in [5.41, 5.74) is 0.701. The maximum absolute atomic E-state index is 12.1. The molecule has 2 aromatic rings. The van der Waals surface area contributed by atoms with Gasteiger partial charge in [0.2, 0.25) is 0 Å². The molecule has 0 aliphatic heterocycles. The van der Waals surface area contributed by atoms with Crippen molar-refractivity contribution in [2.75, 3.05) is 11.6 Å². The van der Waals surface area contributed by atoms with Crippen molar-refractivity contribution in [2.24, 2.45) is 0 Å². The Labute approximate surface area is 137 Å². The molecule has 0 aliphatic carbocycles. The Hall–Kier alpha value is -1.76. The molecule has 2 rings (SSSR count). The lowest BCUT2D eigenvalue weighted by atomic mass is 10.2. The molecular weight excluding hydrogens is 349 g/mol. The molecule has 0 heterocycles. The first-order valence-electron chi connectivity index (χ1n) is 6.01. The Kier molecular flexibility index (Phi) is 4.95. The third-order valence-corrected chi connectivity index (χ3v) is 3.88. The van der Waals surface area contributed by atoms with Crippen molar-refractivity contribution in [1.82, 2.24) is 0 Å². The molecule has 0 aromatic heterocycles. The van der Waals surface area contributed by atoms with Gasteiger partial charge < -0.3 is 9.50 Å². The molecule has 5 nitrogen and oxygen atoms in total. The van der Waals surface area contributed by atoms with Gasteiger partial charge in [0.25, 0.3) is 5.91 Å². The average molecular weight is 360 g/mol. The van der Waals surface area contributed by atoms with Crippen LogP contribution in [-0.4, -0.2) is 20.6 Å². The molecule has 116 valence electrons. The second-order valence-corrected chi connectivity index (χ2v) is 6.73. The number of halogens is 2. The standard InChI is InChI=1S/C14H11Cl2NO4S/c1-22(19,20)21-10-7-5-9(6-8-10)14(18)17-12-4-2-3-11(15)13(12)16/h2-8H,1H3,(H,17,18). The predicted molar refractivity (Wildman–Crippen MR) is 86.3 cm³/mol. The zero-order valence-corrected chi connectivity index (χ0v) is 13.7. The van der Waals surface area contributed by atoms with Crippen LogP contribution in [0.4, 0.5) is 5.69 Å². The highest BCUT2D eigenvalue weighted by Crippen LogP contribution is 2.29. The van der Waals surface area contributed by atoms with E-state index in [1.54, 1.807) is 18.2 Å². The second-order valence-electron chi connectivity index (χ2n) is 4.37. The summed E-state index contributed by atoms with van der Waals surface area (Å²) >= 11 is 11.9. The lowest BCUT2D eigenvalue weighted by Crippen LogP contribution is -2.12. The molecule has 0 saturated heterocycles. The number of carbonyl (C=O) groups excluding carboxylic acids is 1. The minimum absolute atomic E-state index is 0.125. The number of rotatable bonds is 4. The normalized spacial score (nSPS) is 11.0. The van der Waals surface area contributed by atoms with Crippen LogP contribution in [0.3, 0.4) is 0 Å². The zero-order chi connectivity index (χ0) is 16.3. The first-order chi connectivity index (χ1) is 10.3. The van der Waals surface area contributed by atoms with Gasteiger partial charge in [-0.25, -0.2) is 0 Å². The van der Waals surface area contributed by atoms with E-state index < -0.39 is 16.0 Å². The van der Waals surface area contributed by atoms with E-state index in [4.69, 9.17) is 27.4 Å². The molecule has 0 radical (unpaired) electrons. The summed E-state index contributed by atoms with van der Waals surface area (Å²) in [7, 11) is -3.60. The Bertz CT molecular complexity index is 804. The molecular formula is C14H11Cl2NO4S. The van der Waals surface area contributed by atoms with Crippen LogP contribution in [0.5, 0.6) is 5.75 Å². The molecule has 0 unspecified atom stereocenters. The Morgan fingerprint density at radius 2 is 1.73 bits per heavy atom. The zero-order valence-electron chi connectivity index (χ0n) is 11.3. The maximum atomic E-state index is 12.1. The van der Waals surface area contributed by atoms with Gasteiger partial charge in [-0.3, -0.25) is 4.79 Å². The Morgan fingerprint density at radius 1 is 1.09 bits per heavy atom. The largest absolute Gasteiger partial charge is 0.383 e. The summed E-state index contributed by atoms with van der Waals surface area (Å²) in [5.74, 6) is -0.282. The molecule has 0 aliphatic rings. The van der Waals surface area contributed by atoms with Crippen LogP contribution in [0.15, 0.2) is 42.5 Å². The van der Waals surface area contributed by atoms with Gasteiger partial charge in [-0.1, -0.05) is 29.3 Å². The van der Waals surface area contributed by atoms with Crippen molar-refractivity contribution in [3.8, 4) is 5.75 Å². The molecule has 0 spiro atoms. The summed E-state index contributed by atoms with van der Waals surface area (Å²) in [6.07, 6.45) is 0.939. The van der Waals surface area contributed by atoms with E-state index in [9.17, 15) is 13.2 Å². The highest BCUT2D eigenvalue weighted by molar-refractivity contribution is 7.86. The summed E-state index contributed by atoms with van der Waals surface area (Å²) < 4.78 is 26.7. The number of hydrogen-bond acceptors (Lipinski definition) is 4. The molecule has 0 bridgehead atoms. The molecule has 1 N–H and O–H groups in total. The summed E-state index contributed by atoms with van der Waals surface area (Å²) in [6.45, 7) is 0. The highest BCUT2D eigenvalue weighted by Gasteiger charge is 2.11. The molecule has 0 fully saturated rings. The number of benzene rings is 2. The Morgan fingerprint density at radius 3 is 2.32 bits per heavy atom. The van der Waals surface area contributed by atoms with Crippen LogP contribution < -0.4 is 9.50 Å². The van der Waals surface area contributed by atoms with Crippen molar-refractivity contribution in [3.05, 3.63) is 58.1 Å². The first kappa shape index (κ1) is 16.6. The third kappa shape index (κ3) is 4.37. The fraction of sp³-hybridized carbons (Fsp3) is 0.0714. The lowest BCUT2D eigenvalue weighted by molar-refractivity contribution is 0.102. The molecule has 8 heteroatoms. The van der Waals surface area contributed by atoms with Gasteiger partial charge in [0.05, 0.1) is 22.0 Å². The molecule has 1 amide bonds. The van der Waals surface area contributed by atoms with Gasteiger partial charge in [0, 0.05) is 5.56 Å². The summed E-state index contributed by atoms with van der Waals surface area (Å²) in [4.78, 5) is 12.1. The molecule has 0 atom stereocenters. The van der Waals surface area contributed by atoms with Gasteiger partial charge in [-0.05, 0) is 36.4 Å². The number of hydrogen-bond donors (Lipinski definition) is 1. The predicted octanol–water partition coefficient (Wildman–Crippen LogP) is 3.58. The first-order valence-corrected chi connectivity index (χ1v) is 8.58. The van der Waals surface area contributed by atoms with Crippen LogP contribution in [0, 0.1) is 0 Å². The second kappa shape index (κ2) is 6.56. The number of nitrogens with one attached hydrogen (secondary N) is 1. The van der Waals surface area contributed by atoms with E-state index in [1.807, 2.05) is 0 Å².